The average molecular weight is 492 g/mol. The van der Waals surface area contributed by atoms with Crippen molar-refractivity contribution >= 4 is 23.7 Å². The van der Waals surface area contributed by atoms with Gasteiger partial charge in [-0.1, -0.05) is 78.3 Å². The van der Waals surface area contributed by atoms with Gasteiger partial charge in [0.1, 0.15) is 6.10 Å². The van der Waals surface area contributed by atoms with Gasteiger partial charge >= 0.3 is 0 Å². The van der Waals surface area contributed by atoms with E-state index in [-0.39, 0.29) is 12.1 Å². The predicted molar refractivity (Wildman–Crippen MR) is 143 cm³/mol. The second-order valence-electron chi connectivity index (χ2n) is 8.93. The van der Waals surface area contributed by atoms with Crippen LogP contribution < -0.4 is 4.90 Å². The number of anilines is 1. The molecule has 0 unspecified atom stereocenters. The van der Waals surface area contributed by atoms with E-state index in [2.05, 4.69) is 40.1 Å². The SMILES string of the molecule is CO[C@@H](c1ccccc1)[C@H](c1ccccc1)N(C=O)CCCN1CCN(c2cccc(Cl)c2)CC1. The number of hydrogen-bond acceptors (Lipinski definition) is 4. The maximum absolute atomic E-state index is 12.3. The van der Waals surface area contributed by atoms with Crippen molar-refractivity contribution in [2.24, 2.45) is 0 Å². The summed E-state index contributed by atoms with van der Waals surface area (Å²) in [6.07, 6.45) is 1.64. The van der Waals surface area contributed by atoms with Crippen molar-refractivity contribution in [1.82, 2.24) is 9.80 Å². The van der Waals surface area contributed by atoms with Crippen LogP contribution in [0.15, 0.2) is 84.9 Å². The molecule has 4 rings (SSSR count). The summed E-state index contributed by atoms with van der Waals surface area (Å²) in [4.78, 5) is 19.1. The molecule has 0 radical (unpaired) electrons. The molecule has 1 amide bonds. The fourth-order valence-electron chi connectivity index (χ4n) is 4.92. The molecule has 1 fully saturated rings. The van der Waals surface area contributed by atoms with Gasteiger partial charge in [0.25, 0.3) is 0 Å². The molecule has 0 bridgehead atoms. The summed E-state index contributed by atoms with van der Waals surface area (Å²) in [7, 11) is 1.72. The van der Waals surface area contributed by atoms with Crippen LogP contribution in [-0.2, 0) is 9.53 Å². The largest absolute Gasteiger partial charge is 0.374 e. The maximum atomic E-state index is 12.3. The number of ether oxygens (including phenoxy) is 1. The first-order valence-electron chi connectivity index (χ1n) is 12.3. The zero-order chi connectivity index (χ0) is 24.5. The van der Waals surface area contributed by atoms with Crippen LogP contribution in [0.2, 0.25) is 5.02 Å². The van der Waals surface area contributed by atoms with Gasteiger partial charge in [0.05, 0.1) is 6.04 Å². The van der Waals surface area contributed by atoms with Crippen LogP contribution in [0, 0.1) is 0 Å². The molecule has 0 N–H and O–H groups in total. The second kappa shape index (κ2) is 12.7. The molecule has 1 aliphatic rings. The molecule has 2 atom stereocenters. The van der Waals surface area contributed by atoms with Crippen LogP contribution in [-0.4, -0.2) is 62.6 Å². The Morgan fingerprint density at radius 1 is 0.914 bits per heavy atom. The molecule has 1 aliphatic heterocycles. The summed E-state index contributed by atoms with van der Waals surface area (Å²) in [5.41, 5.74) is 3.32. The Morgan fingerprint density at radius 2 is 1.57 bits per heavy atom. The quantitative estimate of drug-likeness (QED) is 0.335. The van der Waals surface area contributed by atoms with Gasteiger partial charge in [0.15, 0.2) is 0 Å². The Hall–Kier alpha value is -2.86. The Bertz CT molecular complexity index is 1040. The normalized spacial score (nSPS) is 16.0. The molecule has 3 aromatic carbocycles. The van der Waals surface area contributed by atoms with E-state index in [1.54, 1.807) is 7.11 Å². The van der Waals surface area contributed by atoms with Gasteiger partial charge in [-0.3, -0.25) is 9.69 Å². The lowest BCUT2D eigenvalue weighted by Gasteiger charge is -2.37. The molecule has 0 spiro atoms. The highest BCUT2D eigenvalue weighted by Crippen LogP contribution is 2.36. The highest BCUT2D eigenvalue weighted by molar-refractivity contribution is 6.30. The van der Waals surface area contributed by atoms with Gasteiger partial charge in [0.2, 0.25) is 6.41 Å². The van der Waals surface area contributed by atoms with Gasteiger partial charge in [-0.15, -0.1) is 0 Å². The summed E-state index contributed by atoms with van der Waals surface area (Å²) >= 11 is 6.17. The molecule has 0 saturated carbocycles. The third-order valence-electron chi connectivity index (χ3n) is 6.74. The fourth-order valence-corrected chi connectivity index (χ4v) is 5.10. The highest BCUT2D eigenvalue weighted by atomic mass is 35.5. The predicted octanol–water partition coefficient (Wildman–Crippen LogP) is 5.44. The molecule has 0 aliphatic carbocycles. The molecule has 0 aromatic heterocycles. The molecule has 6 heteroatoms. The zero-order valence-electron chi connectivity index (χ0n) is 20.3. The number of benzene rings is 3. The molecule has 5 nitrogen and oxygen atoms in total. The van der Waals surface area contributed by atoms with Gasteiger partial charge < -0.3 is 14.5 Å². The first-order chi connectivity index (χ1) is 17.2. The van der Waals surface area contributed by atoms with Crippen LogP contribution in [0.5, 0.6) is 0 Å². The van der Waals surface area contributed by atoms with E-state index >= 15 is 0 Å². The number of carbonyl (C=O) groups excluding carboxylic acids is 1. The van der Waals surface area contributed by atoms with Crippen LogP contribution in [0.25, 0.3) is 0 Å². The van der Waals surface area contributed by atoms with E-state index in [0.717, 1.165) is 61.7 Å². The third kappa shape index (κ3) is 6.63. The monoisotopic (exact) mass is 491 g/mol. The summed E-state index contributed by atoms with van der Waals surface area (Å²) in [5, 5.41) is 0.775. The van der Waals surface area contributed by atoms with E-state index in [4.69, 9.17) is 16.3 Å². The lowest BCUT2D eigenvalue weighted by atomic mass is 9.94. The van der Waals surface area contributed by atoms with Crippen molar-refractivity contribution in [3.05, 3.63) is 101 Å². The fraction of sp³-hybridized carbons (Fsp3) is 0.345. The van der Waals surface area contributed by atoms with Crippen molar-refractivity contribution in [1.29, 1.82) is 0 Å². The summed E-state index contributed by atoms with van der Waals surface area (Å²) in [6.45, 7) is 5.58. The van der Waals surface area contributed by atoms with E-state index in [1.807, 2.05) is 59.5 Å². The highest BCUT2D eigenvalue weighted by Gasteiger charge is 2.30. The van der Waals surface area contributed by atoms with Crippen LogP contribution in [0.3, 0.4) is 0 Å². The van der Waals surface area contributed by atoms with Crippen molar-refractivity contribution < 1.29 is 9.53 Å². The number of rotatable bonds is 11. The lowest BCUT2D eigenvalue weighted by Crippen LogP contribution is -2.47. The number of piperazine rings is 1. The van der Waals surface area contributed by atoms with E-state index in [0.29, 0.717) is 6.54 Å². The minimum absolute atomic E-state index is 0.194. The molecule has 1 heterocycles. The number of amides is 1. The minimum atomic E-state index is -0.245. The summed E-state index contributed by atoms with van der Waals surface area (Å²) in [6, 6.07) is 28.2. The molecule has 3 aromatic rings. The van der Waals surface area contributed by atoms with Gasteiger partial charge in [0, 0.05) is 50.5 Å². The van der Waals surface area contributed by atoms with E-state index < -0.39 is 0 Å². The number of methoxy groups -OCH3 is 1. The van der Waals surface area contributed by atoms with Crippen molar-refractivity contribution in [2.45, 2.75) is 18.6 Å². The zero-order valence-corrected chi connectivity index (χ0v) is 21.1. The van der Waals surface area contributed by atoms with Gasteiger partial charge in [-0.2, -0.15) is 0 Å². The average Bonchev–Trinajstić information content (AvgIpc) is 2.91. The van der Waals surface area contributed by atoms with Gasteiger partial charge in [-0.25, -0.2) is 0 Å². The van der Waals surface area contributed by atoms with Crippen molar-refractivity contribution in [3.63, 3.8) is 0 Å². The van der Waals surface area contributed by atoms with Crippen LogP contribution >= 0.6 is 11.6 Å². The Morgan fingerprint density at radius 3 is 2.17 bits per heavy atom. The molecule has 1 saturated heterocycles. The standard InChI is InChI=1S/C29H34ClN3O2/c1-35-29(25-12-6-3-7-13-25)28(24-10-4-2-5-11-24)33(23-34)17-9-16-31-18-20-32(21-19-31)27-15-8-14-26(30)22-27/h2-8,10-15,22-23,28-29H,9,16-21H2,1H3/t28-,29-/m0/s1. The number of halogens is 1. The molecule has 35 heavy (non-hydrogen) atoms. The van der Waals surface area contributed by atoms with Gasteiger partial charge in [-0.05, 0) is 42.3 Å². The summed E-state index contributed by atoms with van der Waals surface area (Å²) < 4.78 is 5.97. The summed E-state index contributed by atoms with van der Waals surface area (Å²) in [5.74, 6) is 0. The Balaban J connectivity index is 1.38. The van der Waals surface area contributed by atoms with Crippen molar-refractivity contribution in [3.8, 4) is 0 Å². The molecule has 184 valence electrons. The number of hydrogen-bond donors (Lipinski definition) is 0. The van der Waals surface area contributed by atoms with Crippen LogP contribution in [0.4, 0.5) is 5.69 Å². The maximum Gasteiger partial charge on any atom is 0.210 e. The first kappa shape index (κ1) is 25.2. The topological polar surface area (TPSA) is 36.0 Å². The molecular weight excluding hydrogens is 458 g/mol. The molecular formula is C29H34ClN3O2. The lowest BCUT2D eigenvalue weighted by molar-refractivity contribution is -0.124. The van der Waals surface area contributed by atoms with Crippen LogP contribution in [0.1, 0.15) is 29.7 Å². The Labute approximate surface area is 213 Å². The number of carbonyl (C=O) groups is 1. The minimum Gasteiger partial charge on any atom is -0.374 e. The number of nitrogens with zero attached hydrogens (tertiary/aromatic N) is 3. The second-order valence-corrected chi connectivity index (χ2v) is 9.36. The van der Waals surface area contributed by atoms with E-state index in [1.165, 1.54) is 5.69 Å². The van der Waals surface area contributed by atoms with E-state index in [9.17, 15) is 4.79 Å². The smallest absolute Gasteiger partial charge is 0.210 e. The van der Waals surface area contributed by atoms with Crippen molar-refractivity contribution in [2.75, 3.05) is 51.3 Å². The third-order valence-corrected chi connectivity index (χ3v) is 6.97. The Kier molecular flexibility index (Phi) is 9.18. The first-order valence-corrected chi connectivity index (χ1v) is 12.6.